The summed E-state index contributed by atoms with van der Waals surface area (Å²) in [5.41, 5.74) is 1.85. The minimum Gasteiger partial charge on any atom is -0.458 e. The summed E-state index contributed by atoms with van der Waals surface area (Å²) in [4.78, 5) is 0. The van der Waals surface area contributed by atoms with Crippen molar-refractivity contribution in [2.24, 2.45) is 0 Å². The Bertz CT molecular complexity index is 560. The van der Waals surface area contributed by atoms with Gasteiger partial charge in [-0.15, -0.1) is 0 Å². The zero-order chi connectivity index (χ0) is 13.3. The Balaban J connectivity index is 2.67. The number of rotatable bonds is 4. The molecule has 1 aromatic heterocycles. The van der Waals surface area contributed by atoms with Gasteiger partial charge in [-0.2, -0.15) is 0 Å². The zero-order valence-electron chi connectivity index (χ0n) is 10.8. The van der Waals surface area contributed by atoms with Gasteiger partial charge in [0.25, 0.3) is 0 Å². The van der Waals surface area contributed by atoms with Crippen molar-refractivity contribution in [3.8, 4) is 0 Å². The van der Waals surface area contributed by atoms with Gasteiger partial charge in [0.05, 0.1) is 16.6 Å². The van der Waals surface area contributed by atoms with E-state index in [2.05, 4.69) is 26.1 Å². The average Bonchev–Trinajstić information content (AvgIpc) is 2.72. The normalized spacial score (nSPS) is 11.7. The molecular formula is C14H17Cl2NO. The van der Waals surface area contributed by atoms with Crippen molar-refractivity contribution in [1.29, 1.82) is 0 Å². The predicted octanol–water partition coefficient (Wildman–Crippen LogP) is 4.97. The Morgan fingerprint density at radius 2 is 1.89 bits per heavy atom. The van der Waals surface area contributed by atoms with Gasteiger partial charge < -0.3 is 9.73 Å². The Labute approximate surface area is 117 Å². The minimum atomic E-state index is 0.343. The van der Waals surface area contributed by atoms with Crippen LogP contribution in [0.15, 0.2) is 16.5 Å². The van der Waals surface area contributed by atoms with Crippen LogP contribution < -0.4 is 5.32 Å². The van der Waals surface area contributed by atoms with E-state index in [-0.39, 0.29) is 0 Å². The van der Waals surface area contributed by atoms with Crippen LogP contribution in [0.1, 0.15) is 38.0 Å². The first-order valence-corrected chi connectivity index (χ1v) is 6.91. The van der Waals surface area contributed by atoms with Crippen molar-refractivity contribution in [2.45, 2.75) is 33.2 Å². The summed E-state index contributed by atoms with van der Waals surface area (Å²) in [6.45, 7) is 7.94. The lowest BCUT2D eigenvalue weighted by Gasteiger charge is -2.07. The minimum absolute atomic E-state index is 0.343. The smallest absolute Gasteiger partial charge is 0.154 e. The van der Waals surface area contributed by atoms with E-state index < -0.39 is 0 Å². The third kappa shape index (κ3) is 2.37. The number of hydrogen-bond donors (Lipinski definition) is 1. The van der Waals surface area contributed by atoms with Gasteiger partial charge in [-0.3, -0.25) is 0 Å². The standard InChI is InChI=1S/C14H17Cl2NO/c1-4-17-7-11-12(8(2)3)13-9(15)5-6-10(16)14(13)18-11/h5-6,8,17H,4,7H2,1-3H3. The molecule has 18 heavy (non-hydrogen) atoms. The van der Waals surface area contributed by atoms with Gasteiger partial charge >= 0.3 is 0 Å². The molecule has 0 bridgehead atoms. The first-order chi connectivity index (χ1) is 8.56. The molecule has 0 unspecified atom stereocenters. The second kappa shape index (κ2) is 5.52. The monoisotopic (exact) mass is 285 g/mol. The summed E-state index contributed by atoms with van der Waals surface area (Å²) >= 11 is 12.5. The van der Waals surface area contributed by atoms with Gasteiger partial charge in [-0.25, -0.2) is 0 Å². The Hall–Kier alpha value is -0.700. The molecule has 0 fully saturated rings. The van der Waals surface area contributed by atoms with E-state index in [1.54, 1.807) is 6.07 Å². The second-order valence-corrected chi connectivity index (χ2v) is 5.42. The van der Waals surface area contributed by atoms with Gasteiger partial charge in [0.2, 0.25) is 0 Å². The van der Waals surface area contributed by atoms with Crippen molar-refractivity contribution >= 4 is 34.2 Å². The Morgan fingerprint density at radius 1 is 1.22 bits per heavy atom. The summed E-state index contributed by atoms with van der Waals surface area (Å²) in [6, 6.07) is 3.60. The van der Waals surface area contributed by atoms with E-state index >= 15 is 0 Å². The van der Waals surface area contributed by atoms with E-state index in [9.17, 15) is 0 Å². The van der Waals surface area contributed by atoms with Gasteiger partial charge in [-0.05, 0) is 24.6 Å². The maximum absolute atomic E-state index is 6.29. The van der Waals surface area contributed by atoms with Crippen molar-refractivity contribution in [1.82, 2.24) is 5.32 Å². The van der Waals surface area contributed by atoms with Gasteiger partial charge in [0.15, 0.2) is 5.58 Å². The van der Waals surface area contributed by atoms with Gasteiger partial charge in [0.1, 0.15) is 5.76 Å². The largest absolute Gasteiger partial charge is 0.458 e. The van der Waals surface area contributed by atoms with Crippen molar-refractivity contribution < 1.29 is 4.42 Å². The highest BCUT2D eigenvalue weighted by atomic mass is 35.5. The van der Waals surface area contributed by atoms with E-state index in [0.717, 1.165) is 23.3 Å². The molecule has 0 aliphatic heterocycles. The van der Waals surface area contributed by atoms with Gasteiger partial charge in [-0.1, -0.05) is 44.0 Å². The number of furan rings is 1. The quantitative estimate of drug-likeness (QED) is 0.858. The molecule has 0 aliphatic rings. The van der Waals surface area contributed by atoms with Crippen LogP contribution in [0.4, 0.5) is 0 Å². The molecular weight excluding hydrogens is 269 g/mol. The Morgan fingerprint density at radius 3 is 2.50 bits per heavy atom. The molecule has 0 atom stereocenters. The van der Waals surface area contributed by atoms with E-state index in [1.807, 2.05) is 6.07 Å². The molecule has 4 heteroatoms. The maximum atomic E-state index is 6.29. The number of benzene rings is 1. The molecule has 0 radical (unpaired) electrons. The molecule has 0 saturated carbocycles. The lowest BCUT2D eigenvalue weighted by molar-refractivity contribution is 0.510. The summed E-state index contributed by atoms with van der Waals surface area (Å²) in [5.74, 6) is 1.27. The fourth-order valence-electron chi connectivity index (χ4n) is 2.18. The first-order valence-electron chi connectivity index (χ1n) is 6.16. The fourth-order valence-corrected chi connectivity index (χ4v) is 2.63. The number of nitrogens with one attached hydrogen (secondary N) is 1. The van der Waals surface area contributed by atoms with Crippen LogP contribution in [-0.4, -0.2) is 6.54 Å². The van der Waals surface area contributed by atoms with Crippen LogP contribution in [0.25, 0.3) is 11.0 Å². The number of fused-ring (bicyclic) bond motifs is 1. The maximum Gasteiger partial charge on any atom is 0.154 e. The molecule has 1 aromatic carbocycles. The number of halogens is 2. The average molecular weight is 286 g/mol. The van der Waals surface area contributed by atoms with Crippen LogP contribution in [0.3, 0.4) is 0 Å². The molecule has 2 nitrogen and oxygen atoms in total. The Kier molecular flexibility index (Phi) is 4.21. The molecule has 1 heterocycles. The van der Waals surface area contributed by atoms with Gasteiger partial charge in [0, 0.05) is 10.9 Å². The molecule has 2 aromatic rings. The fraction of sp³-hybridized carbons (Fsp3) is 0.429. The van der Waals surface area contributed by atoms with E-state index in [4.69, 9.17) is 27.6 Å². The third-order valence-corrected chi connectivity index (χ3v) is 3.58. The van der Waals surface area contributed by atoms with E-state index in [1.165, 1.54) is 0 Å². The number of hydrogen-bond acceptors (Lipinski definition) is 2. The van der Waals surface area contributed by atoms with Crippen molar-refractivity contribution in [3.63, 3.8) is 0 Å². The molecule has 0 spiro atoms. The highest BCUT2D eigenvalue weighted by molar-refractivity contribution is 6.40. The van der Waals surface area contributed by atoms with Crippen molar-refractivity contribution in [2.75, 3.05) is 6.54 Å². The molecule has 2 rings (SSSR count). The molecule has 0 saturated heterocycles. The highest BCUT2D eigenvalue weighted by Crippen LogP contribution is 2.39. The zero-order valence-corrected chi connectivity index (χ0v) is 12.3. The molecule has 0 aliphatic carbocycles. The topological polar surface area (TPSA) is 25.2 Å². The predicted molar refractivity (Wildman–Crippen MR) is 77.7 cm³/mol. The third-order valence-electron chi connectivity index (χ3n) is 2.97. The SMILES string of the molecule is CCNCc1oc2c(Cl)ccc(Cl)c2c1C(C)C. The van der Waals surface area contributed by atoms with Crippen LogP contribution in [-0.2, 0) is 6.54 Å². The summed E-state index contributed by atoms with van der Waals surface area (Å²) < 4.78 is 5.90. The molecule has 0 amide bonds. The highest BCUT2D eigenvalue weighted by Gasteiger charge is 2.20. The summed E-state index contributed by atoms with van der Waals surface area (Å²) in [7, 11) is 0. The molecule has 1 N–H and O–H groups in total. The van der Waals surface area contributed by atoms with Crippen molar-refractivity contribution in [3.05, 3.63) is 33.5 Å². The summed E-state index contributed by atoms with van der Waals surface area (Å²) in [6.07, 6.45) is 0. The van der Waals surface area contributed by atoms with Crippen LogP contribution in [0.5, 0.6) is 0 Å². The second-order valence-electron chi connectivity index (χ2n) is 4.61. The van der Waals surface area contributed by atoms with Crippen LogP contribution in [0, 0.1) is 0 Å². The van der Waals surface area contributed by atoms with Crippen LogP contribution in [0.2, 0.25) is 10.0 Å². The lowest BCUT2D eigenvalue weighted by Crippen LogP contribution is -2.12. The first kappa shape index (κ1) is 13.7. The summed E-state index contributed by atoms with van der Waals surface area (Å²) in [5, 5.41) is 5.54. The van der Waals surface area contributed by atoms with Crippen LogP contribution >= 0.6 is 23.2 Å². The molecule has 98 valence electrons. The van der Waals surface area contributed by atoms with E-state index in [0.29, 0.717) is 28.1 Å². The lowest BCUT2D eigenvalue weighted by atomic mass is 9.99.